The number of benzene rings is 3. The number of nitrogens with zero attached hydrogens (tertiary/aromatic N) is 3. The number of aromatic nitrogens is 3. The van der Waals surface area contributed by atoms with Gasteiger partial charge in [-0.05, 0) is 79.9 Å². The van der Waals surface area contributed by atoms with Crippen molar-refractivity contribution in [2.24, 2.45) is 0 Å². The number of sulfone groups is 1. The van der Waals surface area contributed by atoms with E-state index in [4.69, 9.17) is 9.15 Å². The molecule has 0 fully saturated rings. The molecule has 0 radical (unpaired) electrons. The zero-order valence-corrected chi connectivity index (χ0v) is 26.3. The largest absolute Gasteiger partial charge is 0.487 e. The summed E-state index contributed by atoms with van der Waals surface area (Å²) in [5.74, 6) is 0.494. The summed E-state index contributed by atoms with van der Waals surface area (Å²) in [7, 11) is -3.94. The molecular formula is C33H29F4N3O5S. The quantitative estimate of drug-likeness (QED) is 0.192. The van der Waals surface area contributed by atoms with Crippen LogP contribution in [0.15, 0.2) is 64.0 Å². The first kappa shape index (κ1) is 31.5. The Morgan fingerprint density at radius 1 is 1.00 bits per heavy atom. The molecule has 1 aliphatic rings. The first-order chi connectivity index (χ1) is 21.4. The lowest BCUT2D eigenvalue weighted by molar-refractivity contribution is -0.141. The van der Waals surface area contributed by atoms with Gasteiger partial charge in [-0.2, -0.15) is 13.2 Å². The zero-order chi connectivity index (χ0) is 33.3. The zero-order valence-electron chi connectivity index (χ0n) is 25.5. The maximum atomic E-state index is 15.1. The fraction of sp³-hybridized carbons (Fsp3) is 0.273. The van der Waals surface area contributed by atoms with E-state index < -0.39 is 39.7 Å². The molecule has 2 aromatic heterocycles. The molecule has 3 heterocycles. The number of aliphatic hydroxyl groups excluding tert-OH is 1. The van der Waals surface area contributed by atoms with Crippen molar-refractivity contribution in [1.29, 1.82) is 0 Å². The van der Waals surface area contributed by atoms with Gasteiger partial charge in [0.1, 0.15) is 28.7 Å². The third-order valence-electron chi connectivity index (χ3n) is 7.79. The number of aliphatic hydroxyl groups is 1. The number of aryl methyl sites for hydroxylation is 2. The number of oxazole rings is 1. The summed E-state index contributed by atoms with van der Waals surface area (Å²) in [4.78, 5) is 7.97. The van der Waals surface area contributed by atoms with Gasteiger partial charge in [-0.25, -0.2) is 22.8 Å². The van der Waals surface area contributed by atoms with Gasteiger partial charge < -0.3 is 18.8 Å². The Kier molecular flexibility index (Phi) is 7.40. The van der Waals surface area contributed by atoms with Gasteiger partial charge in [0, 0.05) is 42.5 Å². The van der Waals surface area contributed by atoms with Crippen LogP contribution in [0.4, 0.5) is 17.6 Å². The Morgan fingerprint density at radius 3 is 2.37 bits per heavy atom. The second-order valence-electron chi connectivity index (χ2n) is 11.9. The summed E-state index contributed by atoms with van der Waals surface area (Å²) in [5.41, 5.74) is 1.16. The van der Waals surface area contributed by atoms with Gasteiger partial charge >= 0.3 is 6.18 Å². The lowest BCUT2D eigenvalue weighted by Gasteiger charge is -2.16. The molecular weight excluding hydrogens is 626 g/mol. The summed E-state index contributed by atoms with van der Waals surface area (Å²) in [6.07, 6.45) is -2.26. The molecule has 240 valence electrons. The first-order valence-corrected chi connectivity index (χ1v) is 16.1. The van der Waals surface area contributed by atoms with Crippen LogP contribution in [0.2, 0.25) is 0 Å². The van der Waals surface area contributed by atoms with Gasteiger partial charge in [0.15, 0.2) is 27.2 Å². The van der Waals surface area contributed by atoms with Crippen molar-refractivity contribution in [2.75, 3.05) is 6.26 Å². The molecule has 8 nitrogen and oxygen atoms in total. The molecule has 13 heteroatoms. The highest BCUT2D eigenvalue weighted by molar-refractivity contribution is 7.90. The molecule has 0 bridgehead atoms. The number of hydrogen-bond acceptors (Lipinski definition) is 7. The number of hydrogen-bond donors (Lipinski definition) is 1. The Labute approximate surface area is 262 Å². The fourth-order valence-corrected chi connectivity index (χ4v) is 6.74. The predicted octanol–water partition coefficient (Wildman–Crippen LogP) is 7.25. The lowest BCUT2D eigenvalue weighted by Crippen LogP contribution is -2.24. The van der Waals surface area contributed by atoms with Crippen molar-refractivity contribution in [2.45, 2.75) is 57.4 Å². The number of rotatable bonds is 6. The van der Waals surface area contributed by atoms with Gasteiger partial charge in [-0.3, -0.25) is 0 Å². The lowest BCUT2D eigenvalue weighted by atomic mass is 9.96. The second-order valence-corrected chi connectivity index (χ2v) is 13.9. The normalized spacial score (nSPS) is 14.4. The van der Waals surface area contributed by atoms with Crippen molar-refractivity contribution in [3.05, 3.63) is 89.1 Å². The SMILES string of the molecule is Cc1nc(-c2cc(-c3cc(F)c(CO)c(S(C)(=O)=O)c3)ccc2-n2cc(C(F)(F)F)nc2C)c(-c2ccc3c(c2)CC(C)(C)O3)o1. The molecule has 1 aliphatic heterocycles. The van der Waals surface area contributed by atoms with E-state index in [9.17, 15) is 26.7 Å². The van der Waals surface area contributed by atoms with E-state index in [0.29, 0.717) is 34.6 Å². The molecule has 0 saturated carbocycles. The van der Waals surface area contributed by atoms with E-state index in [1.807, 2.05) is 26.0 Å². The highest BCUT2D eigenvalue weighted by atomic mass is 32.2. The molecule has 0 aliphatic carbocycles. The highest BCUT2D eigenvalue weighted by Crippen LogP contribution is 2.43. The summed E-state index contributed by atoms with van der Waals surface area (Å²) in [5, 5.41) is 9.67. The van der Waals surface area contributed by atoms with Crippen LogP contribution in [0.5, 0.6) is 5.75 Å². The summed E-state index contributed by atoms with van der Waals surface area (Å²) in [6, 6.07) is 12.6. The number of imidazole rings is 1. The molecule has 5 aromatic rings. The van der Waals surface area contributed by atoms with Crippen LogP contribution < -0.4 is 4.74 Å². The molecule has 3 aromatic carbocycles. The van der Waals surface area contributed by atoms with Crippen molar-refractivity contribution < 1.29 is 40.2 Å². The van der Waals surface area contributed by atoms with E-state index in [2.05, 4.69) is 9.97 Å². The van der Waals surface area contributed by atoms with E-state index in [0.717, 1.165) is 29.8 Å². The average molecular weight is 656 g/mol. The molecule has 6 rings (SSSR count). The molecule has 1 N–H and O–H groups in total. The van der Waals surface area contributed by atoms with Gasteiger partial charge in [-0.1, -0.05) is 6.07 Å². The monoisotopic (exact) mass is 655 g/mol. The minimum Gasteiger partial charge on any atom is -0.487 e. The van der Waals surface area contributed by atoms with Gasteiger partial charge in [0.2, 0.25) is 0 Å². The minimum absolute atomic E-state index is 0.0534. The van der Waals surface area contributed by atoms with Gasteiger partial charge in [0.25, 0.3) is 0 Å². The van der Waals surface area contributed by atoms with E-state index >= 15 is 4.39 Å². The molecule has 0 atom stereocenters. The number of alkyl halides is 3. The molecule has 0 unspecified atom stereocenters. The molecule has 0 spiro atoms. The smallest absolute Gasteiger partial charge is 0.434 e. The van der Waals surface area contributed by atoms with E-state index in [-0.39, 0.29) is 33.4 Å². The number of ether oxygens (including phenoxy) is 1. The summed E-state index contributed by atoms with van der Waals surface area (Å²) >= 11 is 0. The standard InChI is InChI=1S/C33H29F4N3O5S/c1-17-38-29(33(35,36)37)15-40(17)26-8-6-19(21-12-25(34)24(16-41)28(13-21)46(5,42)43)11-23(26)30-31(44-18(2)39-30)20-7-9-27-22(10-20)14-32(3,4)45-27/h6-13,15,41H,14,16H2,1-5H3. The van der Waals surface area contributed by atoms with Crippen molar-refractivity contribution in [3.8, 4) is 45.1 Å². The van der Waals surface area contributed by atoms with E-state index in [1.54, 1.807) is 19.1 Å². The van der Waals surface area contributed by atoms with Crippen LogP contribution in [-0.4, -0.2) is 39.9 Å². The number of halogens is 4. The van der Waals surface area contributed by atoms with Crippen LogP contribution in [0.25, 0.3) is 39.4 Å². The second kappa shape index (κ2) is 10.8. The maximum Gasteiger partial charge on any atom is 0.434 e. The topological polar surface area (TPSA) is 107 Å². The summed E-state index contributed by atoms with van der Waals surface area (Å²) < 4.78 is 94.6. The van der Waals surface area contributed by atoms with Crippen LogP contribution in [0.1, 0.15) is 42.4 Å². The first-order valence-electron chi connectivity index (χ1n) is 14.2. The van der Waals surface area contributed by atoms with Crippen LogP contribution in [0.3, 0.4) is 0 Å². The number of fused-ring (bicyclic) bond motifs is 1. The van der Waals surface area contributed by atoms with Crippen molar-refractivity contribution in [1.82, 2.24) is 14.5 Å². The Balaban J connectivity index is 1.60. The highest BCUT2D eigenvalue weighted by Gasteiger charge is 2.35. The minimum atomic E-state index is -4.69. The van der Waals surface area contributed by atoms with E-state index in [1.165, 1.54) is 29.7 Å². The van der Waals surface area contributed by atoms with Crippen LogP contribution >= 0.6 is 0 Å². The predicted molar refractivity (Wildman–Crippen MR) is 162 cm³/mol. The van der Waals surface area contributed by atoms with Crippen molar-refractivity contribution in [3.63, 3.8) is 0 Å². The van der Waals surface area contributed by atoms with Crippen molar-refractivity contribution >= 4 is 9.84 Å². The summed E-state index contributed by atoms with van der Waals surface area (Å²) in [6.45, 7) is 6.20. The molecule has 0 saturated heterocycles. The average Bonchev–Trinajstić information content (AvgIpc) is 3.64. The Hall–Kier alpha value is -4.49. The van der Waals surface area contributed by atoms with Gasteiger partial charge in [0.05, 0.1) is 17.2 Å². The maximum absolute atomic E-state index is 15.1. The van der Waals surface area contributed by atoms with Crippen LogP contribution in [0, 0.1) is 19.7 Å². The Morgan fingerprint density at radius 2 is 1.72 bits per heavy atom. The fourth-order valence-electron chi connectivity index (χ4n) is 5.79. The third kappa shape index (κ3) is 5.69. The van der Waals surface area contributed by atoms with Gasteiger partial charge in [-0.15, -0.1) is 0 Å². The molecule has 0 amide bonds. The third-order valence-corrected chi connectivity index (χ3v) is 8.95. The molecule has 46 heavy (non-hydrogen) atoms. The Bertz CT molecular complexity index is 2130. The van der Waals surface area contributed by atoms with Crippen LogP contribution in [-0.2, 0) is 29.0 Å².